The van der Waals surface area contributed by atoms with Crippen LogP contribution in [0.5, 0.6) is 0 Å². The van der Waals surface area contributed by atoms with Gasteiger partial charge in [0.2, 0.25) is 0 Å². The maximum Gasteiger partial charge on any atom is 0.137 e. The van der Waals surface area contributed by atoms with E-state index >= 15 is 0 Å². The summed E-state index contributed by atoms with van der Waals surface area (Å²) in [5, 5.41) is 4.76. The largest absolute Gasteiger partial charge is 0.309 e. The molecule has 0 amide bonds. The molecule has 0 bridgehead atoms. The SMILES string of the molecule is CC1(C)c2ccccc2-c2ccc(N(c3cc(-c4ccc5c(c4)c4ccccc4n5-c4ccccc4)cc(N(c4ccc5ccccc5c4)c4ccccn4)c3)c3ccccn3)cc21. The van der Waals surface area contributed by atoms with Gasteiger partial charge in [-0.2, -0.15) is 0 Å². The first-order chi connectivity index (χ1) is 31.5. The number of pyridine rings is 2. The Morgan fingerprint density at radius 1 is 0.391 bits per heavy atom. The topological polar surface area (TPSA) is 37.2 Å². The van der Waals surface area contributed by atoms with E-state index in [0.29, 0.717) is 0 Å². The van der Waals surface area contributed by atoms with Crippen LogP contribution in [0, 0.1) is 0 Å². The minimum atomic E-state index is -0.176. The molecule has 0 saturated carbocycles. The fourth-order valence-corrected chi connectivity index (χ4v) is 9.97. The maximum atomic E-state index is 5.03. The van der Waals surface area contributed by atoms with Gasteiger partial charge in [0, 0.05) is 45.6 Å². The standard InChI is InChI=1S/C59H43N5/c1-59(2)53-22-10-8-20-49(53)50-30-29-46(39-54(50)59)63(58-25-13-15-33-61-58)48-36-43(42-27-31-56-52(37-42)51-21-9-11-23-55(51)64(56)44-18-4-3-5-19-44)35-47(38-48)62(57-24-12-14-32-60-57)45-28-26-40-16-6-7-17-41(40)34-45/h3-39H,1-2H3. The second-order valence-electron chi connectivity index (χ2n) is 17.1. The minimum absolute atomic E-state index is 0.176. The highest BCUT2D eigenvalue weighted by Crippen LogP contribution is 2.51. The molecule has 0 radical (unpaired) electrons. The van der Waals surface area contributed by atoms with Crippen molar-refractivity contribution >= 4 is 67.0 Å². The molecule has 64 heavy (non-hydrogen) atoms. The zero-order chi connectivity index (χ0) is 42.8. The van der Waals surface area contributed by atoms with E-state index in [0.717, 1.165) is 62.1 Å². The molecule has 0 aliphatic heterocycles. The molecule has 304 valence electrons. The zero-order valence-corrected chi connectivity index (χ0v) is 35.6. The average Bonchev–Trinajstić information content (AvgIpc) is 3.80. The van der Waals surface area contributed by atoms with Crippen molar-refractivity contribution in [1.29, 1.82) is 0 Å². The van der Waals surface area contributed by atoms with E-state index in [2.05, 4.69) is 228 Å². The van der Waals surface area contributed by atoms with Gasteiger partial charge in [0.15, 0.2) is 0 Å². The first kappa shape index (κ1) is 37.5. The molecule has 5 heteroatoms. The summed E-state index contributed by atoms with van der Waals surface area (Å²) in [5.41, 5.74) is 14.7. The van der Waals surface area contributed by atoms with Crippen molar-refractivity contribution in [1.82, 2.24) is 14.5 Å². The van der Waals surface area contributed by atoms with Crippen LogP contribution in [0.4, 0.5) is 34.4 Å². The Bertz CT molecular complexity index is 3540. The molecular weight excluding hydrogens is 779 g/mol. The summed E-state index contributed by atoms with van der Waals surface area (Å²) in [7, 11) is 0. The second-order valence-corrected chi connectivity index (χ2v) is 17.1. The Morgan fingerprint density at radius 2 is 1.00 bits per heavy atom. The van der Waals surface area contributed by atoms with Gasteiger partial charge in [0.05, 0.1) is 22.4 Å². The Morgan fingerprint density at radius 3 is 1.75 bits per heavy atom. The van der Waals surface area contributed by atoms with Crippen LogP contribution in [-0.4, -0.2) is 14.5 Å². The van der Waals surface area contributed by atoms with Crippen LogP contribution in [0.2, 0.25) is 0 Å². The van der Waals surface area contributed by atoms with Gasteiger partial charge < -0.3 is 4.57 Å². The molecule has 3 heterocycles. The number of para-hydroxylation sites is 2. The van der Waals surface area contributed by atoms with Gasteiger partial charge >= 0.3 is 0 Å². The molecule has 8 aromatic carbocycles. The van der Waals surface area contributed by atoms with E-state index in [1.807, 2.05) is 24.5 Å². The highest BCUT2D eigenvalue weighted by molar-refractivity contribution is 6.10. The number of benzene rings is 8. The first-order valence-electron chi connectivity index (χ1n) is 21.9. The molecular formula is C59H43N5. The highest BCUT2D eigenvalue weighted by atomic mass is 15.2. The van der Waals surface area contributed by atoms with Crippen LogP contribution < -0.4 is 9.80 Å². The van der Waals surface area contributed by atoms with Crippen molar-refractivity contribution in [3.8, 4) is 27.9 Å². The predicted molar refractivity (Wildman–Crippen MR) is 266 cm³/mol. The lowest BCUT2D eigenvalue weighted by atomic mass is 9.82. The Kier molecular flexibility index (Phi) is 8.76. The number of rotatable bonds is 8. The van der Waals surface area contributed by atoms with Gasteiger partial charge in [0.25, 0.3) is 0 Å². The van der Waals surface area contributed by atoms with Crippen molar-refractivity contribution in [2.24, 2.45) is 0 Å². The molecule has 12 rings (SSSR count). The lowest BCUT2D eigenvalue weighted by Crippen LogP contribution is -2.17. The number of anilines is 6. The van der Waals surface area contributed by atoms with Gasteiger partial charge in [-0.25, -0.2) is 9.97 Å². The molecule has 1 aliphatic carbocycles. The molecule has 0 fully saturated rings. The predicted octanol–water partition coefficient (Wildman–Crippen LogP) is 15.6. The molecule has 1 aliphatic rings. The lowest BCUT2D eigenvalue weighted by Gasteiger charge is -2.30. The van der Waals surface area contributed by atoms with E-state index in [1.165, 1.54) is 43.9 Å². The van der Waals surface area contributed by atoms with Gasteiger partial charge in [-0.3, -0.25) is 9.80 Å². The van der Waals surface area contributed by atoms with Crippen LogP contribution >= 0.6 is 0 Å². The number of hydrogen-bond donors (Lipinski definition) is 0. The minimum Gasteiger partial charge on any atom is -0.309 e. The Hall–Kier alpha value is -8.28. The van der Waals surface area contributed by atoms with Crippen LogP contribution in [0.1, 0.15) is 25.0 Å². The van der Waals surface area contributed by atoms with Gasteiger partial charge in [-0.15, -0.1) is 0 Å². The third kappa shape index (κ3) is 6.16. The zero-order valence-electron chi connectivity index (χ0n) is 35.6. The third-order valence-corrected chi connectivity index (χ3v) is 13.0. The Labute approximate surface area is 372 Å². The van der Waals surface area contributed by atoms with E-state index < -0.39 is 0 Å². The number of hydrogen-bond acceptors (Lipinski definition) is 4. The van der Waals surface area contributed by atoms with E-state index in [-0.39, 0.29) is 5.41 Å². The average molecular weight is 822 g/mol. The molecule has 0 spiro atoms. The van der Waals surface area contributed by atoms with Crippen LogP contribution in [-0.2, 0) is 5.41 Å². The lowest BCUT2D eigenvalue weighted by molar-refractivity contribution is 0.660. The molecule has 0 saturated heterocycles. The number of nitrogens with zero attached hydrogens (tertiary/aromatic N) is 5. The van der Waals surface area contributed by atoms with Crippen molar-refractivity contribution in [2.45, 2.75) is 19.3 Å². The molecule has 0 N–H and O–H groups in total. The summed E-state index contributed by atoms with van der Waals surface area (Å²) in [6.07, 6.45) is 3.75. The van der Waals surface area contributed by atoms with Crippen LogP contribution in [0.25, 0.3) is 60.5 Å². The maximum absolute atomic E-state index is 5.03. The molecule has 0 unspecified atom stereocenters. The third-order valence-electron chi connectivity index (χ3n) is 13.0. The van der Waals surface area contributed by atoms with E-state index in [1.54, 1.807) is 0 Å². The van der Waals surface area contributed by atoms with E-state index in [4.69, 9.17) is 9.97 Å². The molecule has 5 nitrogen and oxygen atoms in total. The molecule has 11 aromatic rings. The smallest absolute Gasteiger partial charge is 0.137 e. The summed E-state index contributed by atoms with van der Waals surface area (Å²) in [5.74, 6) is 1.65. The molecule has 0 atom stereocenters. The van der Waals surface area contributed by atoms with Crippen molar-refractivity contribution < 1.29 is 0 Å². The van der Waals surface area contributed by atoms with Gasteiger partial charge in [0.1, 0.15) is 11.6 Å². The summed E-state index contributed by atoms with van der Waals surface area (Å²) in [6.45, 7) is 4.68. The highest BCUT2D eigenvalue weighted by Gasteiger charge is 2.36. The number of aromatic nitrogens is 3. The van der Waals surface area contributed by atoms with Crippen LogP contribution in [0.15, 0.2) is 225 Å². The summed E-state index contributed by atoms with van der Waals surface area (Å²) in [4.78, 5) is 14.6. The van der Waals surface area contributed by atoms with Gasteiger partial charge in [-0.1, -0.05) is 129 Å². The summed E-state index contributed by atoms with van der Waals surface area (Å²) in [6, 6.07) is 76.4. The summed E-state index contributed by atoms with van der Waals surface area (Å²) < 4.78 is 2.37. The monoisotopic (exact) mass is 821 g/mol. The van der Waals surface area contributed by atoms with Crippen LogP contribution in [0.3, 0.4) is 0 Å². The van der Waals surface area contributed by atoms with E-state index in [9.17, 15) is 0 Å². The fraction of sp³-hybridized carbons (Fsp3) is 0.0508. The van der Waals surface area contributed by atoms with Crippen molar-refractivity contribution in [3.05, 3.63) is 236 Å². The van der Waals surface area contributed by atoms with Crippen molar-refractivity contribution in [3.63, 3.8) is 0 Å². The number of fused-ring (bicyclic) bond motifs is 7. The first-order valence-corrected chi connectivity index (χ1v) is 21.9. The normalized spacial score (nSPS) is 12.7. The summed E-state index contributed by atoms with van der Waals surface area (Å²) >= 11 is 0. The van der Waals surface area contributed by atoms with Gasteiger partial charge in [-0.05, 0) is 141 Å². The van der Waals surface area contributed by atoms with Crippen molar-refractivity contribution in [2.75, 3.05) is 9.80 Å². The Balaban J connectivity index is 1.12. The molecule has 3 aromatic heterocycles. The second kappa shape index (κ2) is 15.0. The fourth-order valence-electron chi connectivity index (χ4n) is 9.97. The quantitative estimate of drug-likeness (QED) is 0.153.